The first-order valence-electron chi connectivity index (χ1n) is 5.16. The third kappa shape index (κ3) is 2.60. The predicted octanol–water partition coefficient (Wildman–Crippen LogP) is 2.37. The maximum atomic E-state index is 13.6. The number of nitrogens with one attached hydrogen (secondary N) is 1. The van der Waals surface area contributed by atoms with Crippen LogP contribution >= 0.6 is 0 Å². The molecule has 0 atom stereocenters. The second kappa shape index (κ2) is 4.79. The molecule has 5 nitrogen and oxygen atoms in total. The first kappa shape index (κ1) is 12.0. The Morgan fingerprint density at radius 3 is 2.78 bits per heavy atom. The van der Waals surface area contributed by atoms with Crippen molar-refractivity contribution in [3.63, 3.8) is 0 Å². The molecule has 2 N–H and O–H groups in total. The Balaban J connectivity index is 2.27. The van der Waals surface area contributed by atoms with Gasteiger partial charge in [-0.3, -0.25) is 0 Å². The zero-order valence-electron chi connectivity index (χ0n) is 9.51. The fourth-order valence-electron chi connectivity index (χ4n) is 1.38. The van der Waals surface area contributed by atoms with Crippen LogP contribution in [0.15, 0.2) is 30.5 Å². The van der Waals surface area contributed by atoms with Gasteiger partial charge in [0.15, 0.2) is 0 Å². The molecule has 0 saturated carbocycles. The number of aryl methyl sites for hydroxylation is 1. The molecule has 92 valence electrons. The third-order valence-electron chi connectivity index (χ3n) is 2.26. The molecule has 6 heteroatoms. The number of aromatic nitrogens is 2. The topological polar surface area (TPSA) is 75.1 Å². The number of carboxylic acids is 1. The molecule has 0 unspecified atom stereocenters. The Kier molecular flexibility index (Phi) is 3.18. The van der Waals surface area contributed by atoms with Crippen molar-refractivity contribution in [3.8, 4) is 0 Å². The van der Waals surface area contributed by atoms with E-state index in [1.807, 2.05) is 0 Å². The number of anilines is 2. The molecule has 2 rings (SSSR count). The quantitative estimate of drug-likeness (QED) is 0.870. The number of hydrogen-bond acceptors (Lipinski definition) is 4. The minimum atomic E-state index is -1.17. The Hall–Kier alpha value is -2.50. The zero-order chi connectivity index (χ0) is 13.1. The summed E-state index contributed by atoms with van der Waals surface area (Å²) in [5, 5.41) is 11.4. The number of benzene rings is 1. The maximum absolute atomic E-state index is 13.6. The molecule has 0 fully saturated rings. The standard InChI is InChI=1S/C12H10FN3O2/c1-7-4-5-14-12(15-7)16-10-3-2-8(11(17)18)6-9(10)13/h2-6H,1H3,(H,17,18)(H,14,15,16). The minimum absolute atomic E-state index is 0.108. The molecule has 1 heterocycles. The first-order valence-corrected chi connectivity index (χ1v) is 5.16. The van der Waals surface area contributed by atoms with E-state index < -0.39 is 11.8 Å². The van der Waals surface area contributed by atoms with Gasteiger partial charge in [0.25, 0.3) is 0 Å². The summed E-state index contributed by atoms with van der Waals surface area (Å²) in [5.41, 5.74) is 0.767. The highest BCUT2D eigenvalue weighted by Gasteiger charge is 2.09. The maximum Gasteiger partial charge on any atom is 0.335 e. The molecule has 1 aromatic heterocycles. The van der Waals surface area contributed by atoms with E-state index in [0.717, 1.165) is 11.8 Å². The van der Waals surface area contributed by atoms with Crippen LogP contribution in [0.3, 0.4) is 0 Å². The number of rotatable bonds is 3. The zero-order valence-corrected chi connectivity index (χ0v) is 9.51. The lowest BCUT2D eigenvalue weighted by Gasteiger charge is -2.06. The van der Waals surface area contributed by atoms with E-state index >= 15 is 0 Å². The molecular formula is C12H10FN3O2. The predicted molar refractivity (Wildman–Crippen MR) is 63.4 cm³/mol. The smallest absolute Gasteiger partial charge is 0.335 e. The molecular weight excluding hydrogens is 237 g/mol. The van der Waals surface area contributed by atoms with Gasteiger partial charge in [0.05, 0.1) is 11.3 Å². The van der Waals surface area contributed by atoms with Gasteiger partial charge in [-0.25, -0.2) is 19.2 Å². The minimum Gasteiger partial charge on any atom is -0.478 e. The molecule has 0 aliphatic carbocycles. The van der Waals surface area contributed by atoms with Crippen molar-refractivity contribution in [1.82, 2.24) is 9.97 Å². The van der Waals surface area contributed by atoms with Crippen LogP contribution in [-0.2, 0) is 0 Å². The monoisotopic (exact) mass is 247 g/mol. The number of hydrogen-bond donors (Lipinski definition) is 2. The van der Waals surface area contributed by atoms with E-state index in [2.05, 4.69) is 15.3 Å². The molecule has 0 aliphatic rings. The second-order valence-electron chi connectivity index (χ2n) is 3.65. The van der Waals surface area contributed by atoms with E-state index in [1.165, 1.54) is 12.1 Å². The van der Waals surface area contributed by atoms with Crippen LogP contribution in [0.5, 0.6) is 0 Å². The van der Waals surface area contributed by atoms with Crippen LogP contribution in [0.1, 0.15) is 16.1 Å². The van der Waals surface area contributed by atoms with Crippen LogP contribution in [0.2, 0.25) is 0 Å². The van der Waals surface area contributed by atoms with Gasteiger partial charge in [-0.15, -0.1) is 0 Å². The molecule has 0 spiro atoms. The molecule has 18 heavy (non-hydrogen) atoms. The number of halogens is 1. The summed E-state index contributed by atoms with van der Waals surface area (Å²) in [6, 6.07) is 5.31. The number of nitrogens with zero attached hydrogens (tertiary/aromatic N) is 2. The van der Waals surface area contributed by atoms with Crippen molar-refractivity contribution >= 4 is 17.6 Å². The lowest BCUT2D eigenvalue weighted by molar-refractivity contribution is 0.0696. The van der Waals surface area contributed by atoms with E-state index in [9.17, 15) is 9.18 Å². The van der Waals surface area contributed by atoms with E-state index in [4.69, 9.17) is 5.11 Å². The first-order chi connectivity index (χ1) is 8.56. The highest BCUT2D eigenvalue weighted by molar-refractivity contribution is 5.88. The van der Waals surface area contributed by atoms with E-state index in [0.29, 0.717) is 0 Å². The second-order valence-corrected chi connectivity index (χ2v) is 3.65. The van der Waals surface area contributed by atoms with E-state index in [-0.39, 0.29) is 17.2 Å². The van der Waals surface area contributed by atoms with Crippen LogP contribution in [0.25, 0.3) is 0 Å². The molecule has 0 saturated heterocycles. The summed E-state index contributed by atoms with van der Waals surface area (Å²) < 4.78 is 13.6. The SMILES string of the molecule is Cc1ccnc(Nc2ccc(C(=O)O)cc2F)n1. The van der Waals surface area contributed by atoms with Gasteiger partial charge in [0.1, 0.15) is 5.82 Å². The average Bonchev–Trinajstić information content (AvgIpc) is 2.31. The van der Waals surface area contributed by atoms with Gasteiger partial charge in [-0.1, -0.05) is 0 Å². The molecule has 2 aromatic rings. The summed E-state index contributed by atoms with van der Waals surface area (Å²) in [7, 11) is 0. The van der Waals surface area contributed by atoms with Crippen molar-refractivity contribution in [2.45, 2.75) is 6.92 Å². The van der Waals surface area contributed by atoms with Crippen LogP contribution in [-0.4, -0.2) is 21.0 Å². The van der Waals surface area contributed by atoms with Crippen molar-refractivity contribution in [2.75, 3.05) is 5.32 Å². The number of carbonyl (C=O) groups is 1. The highest BCUT2D eigenvalue weighted by Crippen LogP contribution is 2.18. The summed E-state index contributed by atoms with van der Waals surface area (Å²) >= 11 is 0. The number of aromatic carboxylic acids is 1. The Labute approximate surface area is 102 Å². The molecule has 0 amide bonds. The van der Waals surface area contributed by atoms with Crippen molar-refractivity contribution in [3.05, 3.63) is 47.5 Å². The Morgan fingerprint density at radius 2 is 2.17 bits per heavy atom. The van der Waals surface area contributed by atoms with Crippen molar-refractivity contribution in [2.24, 2.45) is 0 Å². The Morgan fingerprint density at radius 1 is 1.39 bits per heavy atom. The lowest BCUT2D eigenvalue weighted by atomic mass is 10.2. The van der Waals surface area contributed by atoms with Gasteiger partial charge in [0.2, 0.25) is 5.95 Å². The normalized spacial score (nSPS) is 10.1. The van der Waals surface area contributed by atoms with Crippen molar-refractivity contribution in [1.29, 1.82) is 0 Å². The van der Waals surface area contributed by atoms with Gasteiger partial charge >= 0.3 is 5.97 Å². The molecule has 1 aromatic carbocycles. The fraction of sp³-hybridized carbons (Fsp3) is 0.0833. The summed E-state index contributed by atoms with van der Waals surface area (Å²) in [6.45, 7) is 1.79. The van der Waals surface area contributed by atoms with Gasteiger partial charge in [0, 0.05) is 11.9 Å². The summed E-state index contributed by atoms with van der Waals surface area (Å²) in [4.78, 5) is 18.6. The summed E-state index contributed by atoms with van der Waals surface area (Å²) in [6.07, 6.45) is 1.55. The Bertz CT molecular complexity index is 602. The van der Waals surface area contributed by atoms with Crippen LogP contribution in [0.4, 0.5) is 16.0 Å². The van der Waals surface area contributed by atoms with Gasteiger partial charge in [-0.05, 0) is 31.2 Å². The third-order valence-corrected chi connectivity index (χ3v) is 2.26. The molecule has 0 radical (unpaired) electrons. The van der Waals surface area contributed by atoms with Crippen molar-refractivity contribution < 1.29 is 14.3 Å². The average molecular weight is 247 g/mol. The lowest BCUT2D eigenvalue weighted by Crippen LogP contribution is -2.02. The highest BCUT2D eigenvalue weighted by atomic mass is 19.1. The van der Waals surface area contributed by atoms with Gasteiger partial charge < -0.3 is 10.4 Å². The van der Waals surface area contributed by atoms with E-state index in [1.54, 1.807) is 19.2 Å². The van der Waals surface area contributed by atoms with Gasteiger partial charge in [-0.2, -0.15) is 0 Å². The summed E-state index contributed by atoms with van der Waals surface area (Å²) in [5.74, 6) is -1.58. The molecule has 0 bridgehead atoms. The largest absolute Gasteiger partial charge is 0.478 e. The number of carboxylic acid groups (broad SMARTS) is 1. The van der Waals surface area contributed by atoms with Crippen LogP contribution < -0.4 is 5.32 Å². The fourth-order valence-corrected chi connectivity index (χ4v) is 1.38. The molecule has 0 aliphatic heterocycles. The van der Waals surface area contributed by atoms with Crippen LogP contribution in [0, 0.1) is 12.7 Å².